The van der Waals surface area contributed by atoms with Crippen LogP contribution in [0.15, 0.2) is 47.5 Å². The second-order valence-electron chi connectivity index (χ2n) is 8.25. The number of aryl methyl sites for hydroxylation is 1. The molecule has 30 heavy (non-hydrogen) atoms. The van der Waals surface area contributed by atoms with Crippen molar-refractivity contribution in [3.63, 3.8) is 0 Å². The fourth-order valence-electron chi connectivity index (χ4n) is 3.94. The van der Waals surface area contributed by atoms with Gasteiger partial charge in [-0.15, -0.1) is 0 Å². The smallest absolute Gasteiger partial charge is 0.191 e. The Labute approximate surface area is 177 Å². The predicted octanol–water partition coefficient (Wildman–Crippen LogP) is 3.70. The van der Waals surface area contributed by atoms with E-state index in [1.807, 2.05) is 12.1 Å². The third-order valence-corrected chi connectivity index (χ3v) is 5.97. The van der Waals surface area contributed by atoms with Gasteiger partial charge in [-0.25, -0.2) is 4.39 Å². The highest BCUT2D eigenvalue weighted by Crippen LogP contribution is 2.48. The minimum absolute atomic E-state index is 0.110. The Hall–Kier alpha value is -2.60. The largest absolute Gasteiger partial charge is 0.488 e. The van der Waals surface area contributed by atoms with Gasteiger partial charge in [-0.1, -0.05) is 30.3 Å². The van der Waals surface area contributed by atoms with Crippen LogP contribution in [0.4, 0.5) is 4.39 Å². The first-order chi connectivity index (χ1) is 14.6. The van der Waals surface area contributed by atoms with Crippen LogP contribution in [0.2, 0.25) is 0 Å². The molecule has 1 saturated carbocycles. The number of hydrogen-bond acceptors (Lipinski definition) is 3. The van der Waals surface area contributed by atoms with Crippen LogP contribution in [0.3, 0.4) is 0 Å². The van der Waals surface area contributed by atoms with E-state index in [1.54, 1.807) is 13.1 Å². The van der Waals surface area contributed by atoms with E-state index < -0.39 is 0 Å². The second kappa shape index (κ2) is 9.04. The normalized spacial score (nSPS) is 20.1. The molecule has 2 aromatic carbocycles. The van der Waals surface area contributed by atoms with Crippen LogP contribution >= 0.6 is 0 Å². The summed E-state index contributed by atoms with van der Waals surface area (Å²) in [6.45, 7) is 4.71. The van der Waals surface area contributed by atoms with Gasteiger partial charge in [0.05, 0.1) is 13.2 Å². The first kappa shape index (κ1) is 20.7. The summed E-state index contributed by atoms with van der Waals surface area (Å²) in [6.07, 6.45) is 3.00. The number of halogens is 1. The highest BCUT2D eigenvalue weighted by Gasteiger charge is 2.45. The first-order valence-electron chi connectivity index (χ1n) is 10.6. The molecule has 2 aromatic rings. The number of hydrogen-bond donors (Lipinski definition) is 2. The molecule has 1 unspecified atom stereocenters. The van der Waals surface area contributed by atoms with Gasteiger partial charge in [-0.2, -0.15) is 0 Å². The lowest BCUT2D eigenvalue weighted by atomic mass is 9.95. The molecule has 0 aromatic heterocycles. The molecule has 2 N–H and O–H groups in total. The maximum absolute atomic E-state index is 14.2. The summed E-state index contributed by atoms with van der Waals surface area (Å²) >= 11 is 0. The Kier molecular flexibility index (Phi) is 6.23. The molecular formula is C24H30FN3O2. The van der Waals surface area contributed by atoms with Crippen molar-refractivity contribution in [2.75, 3.05) is 26.8 Å². The average Bonchev–Trinajstić information content (AvgIpc) is 3.36. The van der Waals surface area contributed by atoms with Gasteiger partial charge in [0.1, 0.15) is 17.7 Å². The molecule has 6 heteroatoms. The number of rotatable bonds is 7. The van der Waals surface area contributed by atoms with E-state index in [4.69, 9.17) is 9.47 Å². The molecule has 0 amide bonds. The van der Waals surface area contributed by atoms with Crippen molar-refractivity contribution in [2.24, 2.45) is 4.99 Å². The van der Waals surface area contributed by atoms with Crippen molar-refractivity contribution in [2.45, 2.75) is 44.2 Å². The van der Waals surface area contributed by atoms with Crippen molar-refractivity contribution in [1.29, 1.82) is 0 Å². The Morgan fingerprint density at radius 2 is 2.07 bits per heavy atom. The average molecular weight is 412 g/mol. The number of nitrogens with one attached hydrogen (secondary N) is 2. The summed E-state index contributed by atoms with van der Waals surface area (Å²) in [4.78, 5) is 4.34. The van der Waals surface area contributed by atoms with E-state index in [1.165, 1.54) is 6.07 Å². The third kappa shape index (κ3) is 4.75. The van der Waals surface area contributed by atoms with E-state index >= 15 is 0 Å². The number of nitrogens with zero attached hydrogens (tertiary/aromatic N) is 1. The number of guanidine groups is 1. The highest BCUT2D eigenvalue weighted by atomic mass is 19.1. The molecule has 1 aliphatic carbocycles. The standard InChI is InChI=1S/C24H30FN3O2/c1-17-7-8-18(22(13-17)30-19-9-12-29-15-19)14-27-23(26-2)28-16-24(10-11-24)20-5-3-4-6-21(20)25/h3-8,13,19H,9-12,14-16H2,1-2H3,(H2,26,27,28). The molecule has 2 aliphatic rings. The van der Waals surface area contributed by atoms with E-state index in [9.17, 15) is 4.39 Å². The summed E-state index contributed by atoms with van der Waals surface area (Å²) in [5, 5.41) is 6.75. The lowest BCUT2D eigenvalue weighted by molar-refractivity contribution is 0.140. The van der Waals surface area contributed by atoms with Crippen LogP contribution in [0.5, 0.6) is 5.75 Å². The van der Waals surface area contributed by atoms with Crippen LogP contribution in [-0.2, 0) is 16.7 Å². The zero-order valence-electron chi connectivity index (χ0n) is 17.7. The Morgan fingerprint density at radius 3 is 2.77 bits per heavy atom. The maximum atomic E-state index is 14.2. The molecule has 160 valence electrons. The van der Waals surface area contributed by atoms with E-state index in [2.05, 4.69) is 40.7 Å². The number of aliphatic imine (C=N–C) groups is 1. The third-order valence-electron chi connectivity index (χ3n) is 5.97. The fraction of sp³-hybridized carbons (Fsp3) is 0.458. The number of ether oxygens (including phenoxy) is 2. The lowest BCUT2D eigenvalue weighted by Gasteiger charge is -2.20. The highest BCUT2D eigenvalue weighted by molar-refractivity contribution is 5.80. The van der Waals surface area contributed by atoms with Gasteiger partial charge >= 0.3 is 0 Å². The quantitative estimate of drug-likeness (QED) is 0.539. The van der Waals surface area contributed by atoms with E-state index in [0.29, 0.717) is 25.7 Å². The molecule has 2 fully saturated rings. The molecule has 1 heterocycles. The molecule has 5 nitrogen and oxygen atoms in total. The summed E-state index contributed by atoms with van der Waals surface area (Å²) in [5.41, 5.74) is 2.89. The topological polar surface area (TPSA) is 54.9 Å². The first-order valence-corrected chi connectivity index (χ1v) is 10.6. The minimum Gasteiger partial charge on any atom is -0.488 e. The van der Waals surface area contributed by atoms with Crippen molar-refractivity contribution < 1.29 is 13.9 Å². The van der Waals surface area contributed by atoms with Crippen LogP contribution in [0.25, 0.3) is 0 Å². The van der Waals surface area contributed by atoms with Gasteiger partial charge in [0, 0.05) is 37.5 Å². The summed E-state index contributed by atoms with van der Waals surface area (Å²) < 4.78 is 25.9. The van der Waals surface area contributed by atoms with Gasteiger partial charge in [-0.3, -0.25) is 4.99 Å². The Balaban J connectivity index is 1.37. The molecule has 1 saturated heterocycles. The molecular weight excluding hydrogens is 381 g/mol. The van der Waals surface area contributed by atoms with E-state index in [0.717, 1.165) is 48.3 Å². The van der Waals surface area contributed by atoms with Crippen LogP contribution in [-0.4, -0.2) is 38.9 Å². The monoisotopic (exact) mass is 411 g/mol. The van der Waals surface area contributed by atoms with Crippen LogP contribution in [0.1, 0.15) is 36.0 Å². The Bertz CT molecular complexity index is 905. The zero-order chi connectivity index (χ0) is 21.0. The SMILES string of the molecule is CN=C(NCc1ccc(C)cc1OC1CCOC1)NCC1(c2ccccc2F)CC1. The predicted molar refractivity (Wildman–Crippen MR) is 117 cm³/mol. The number of benzene rings is 2. The second-order valence-corrected chi connectivity index (χ2v) is 8.25. The molecule has 1 aliphatic heterocycles. The van der Waals surface area contributed by atoms with Crippen molar-refractivity contribution >= 4 is 5.96 Å². The van der Waals surface area contributed by atoms with Crippen molar-refractivity contribution in [3.8, 4) is 5.75 Å². The molecule has 4 rings (SSSR count). The summed E-state index contributed by atoms with van der Waals surface area (Å²) in [6, 6.07) is 13.3. The van der Waals surface area contributed by atoms with Gasteiger partial charge in [0.2, 0.25) is 0 Å². The Morgan fingerprint density at radius 1 is 1.23 bits per heavy atom. The van der Waals surface area contributed by atoms with Crippen LogP contribution < -0.4 is 15.4 Å². The minimum atomic E-state index is -0.135. The van der Waals surface area contributed by atoms with Crippen molar-refractivity contribution in [3.05, 3.63) is 65.0 Å². The zero-order valence-corrected chi connectivity index (χ0v) is 17.7. The summed E-state index contributed by atoms with van der Waals surface area (Å²) in [7, 11) is 1.75. The fourth-order valence-corrected chi connectivity index (χ4v) is 3.94. The van der Waals surface area contributed by atoms with Crippen molar-refractivity contribution in [1.82, 2.24) is 10.6 Å². The lowest BCUT2D eigenvalue weighted by Crippen LogP contribution is -2.41. The van der Waals surface area contributed by atoms with Crippen LogP contribution in [0, 0.1) is 12.7 Å². The molecule has 1 atom stereocenters. The molecule has 0 radical (unpaired) electrons. The maximum Gasteiger partial charge on any atom is 0.191 e. The van der Waals surface area contributed by atoms with Gasteiger partial charge < -0.3 is 20.1 Å². The van der Waals surface area contributed by atoms with Gasteiger partial charge in [-0.05, 0) is 43.0 Å². The molecule has 0 spiro atoms. The van der Waals surface area contributed by atoms with E-state index in [-0.39, 0.29) is 17.3 Å². The summed E-state index contributed by atoms with van der Waals surface area (Å²) in [5.74, 6) is 1.46. The van der Waals surface area contributed by atoms with Gasteiger partial charge in [0.25, 0.3) is 0 Å². The van der Waals surface area contributed by atoms with Gasteiger partial charge in [0.15, 0.2) is 5.96 Å². The molecule has 0 bridgehead atoms.